The van der Waals surface area contributed by atoms with Gasteiger partial charge in [0.05, 0.1) is 27.8 Å². The van der Waals surface area contributed by atoms with Crippen molar-refractivity contribution in [1.29, 1.82) is 0 Å². The highest BCUT2D eigenvalue weighted by Crippen LogP contribution is 2.47. The van der Waals surface area contributed by atoms with Crippen molar-refractivity contribution in [3.63, 3.8) is 0 Å². The van der Waals surface area contributed by atoms with Gasteiger partial charge in [-0.05, 0) is 103 Å². The van der Waals surface area contributed by atoms with E-state index < -0.39 is 0 Å². The van der Waals surface area contributed by atoms with E-state index in [1.807, 2.05) is 121 Å². The summed E-state index contributed by atoms with van der Waals surface area (Å²) in [5.41, 5.74) is 15.3. The Hall–Kier alpha value is -11.1. The molecule has 0 saturated heterocycles. The minimum absolute atomic E-state index is 0.503. The highest BCUT2D eigenvalue weighted by Gasteiger charge is 2.27. The van der Waals surface area contributed by atoms with Gasteiger partial charge in [-0.25, -0.2) is 19.9 Å². The first-order chi connectivity index (χ1) is 40.5. The third kappa shape index (κ3) is 6.94. The first-order valence-corrected chi connectivity index (χ1v) is 27.4. The molecule has 17 rings (SSSR count). The van der Waals surface area contributed by atoms with Crippen molar-refractivity contribution in [1.82, 2.24) is 39.0 Å². The van der Waals surface area contributed by atoms with Crippen molar-refractivity contribution >= 4 is 98.3 Å². The van der Waals surface area contributed by atoms with Gasteiger partial charge in [-0.3, -0.25) is 4.57 Å². The lowest BCUT2D eigenvalue weighted by atomic mass is 9.98. The number of para-hydroxylation sites is 4. The molecule has 10 nitrogen and oxygen atoms in total. The average molecular weight is 1050 g/mol. The molecule has 0 aliphatic carbocycles. The molecule has 82 heavy (non-hydrogen) atoms. The molecular formula is C72H44N8O2. The molecule has 0 atom stereocenters. The van der Waals surface area contributed by atoms with Crippen LogP contribution in [-0.4, -0.2) is 39.0 Å². The second kappa shape index (κ2) is 17.7. The Morgan fingerprint density at radius 2 is 0.744 bits per heavy atom. The summed E-state index contributed by atoms with van der Waals surface area (Å²) in [6, 6.07) is 79.5. The maximum Gasteiger partial charge on any atom is 0.238 e. The van der Waals surface area contributed by atoms with Crippen LogP contribution in [0.4, 0.5) is 0 Å². The summed E-state index contributed by atoms with van der Waals surface area (Å²) in [6.07, 6.45) is 0. The largest absolute Gasteiger partial charge is 0.456 e. The van der Waals surface area contributed by atoms with E-state index in [0.29, 0.717) is 35.1 Å². The lowest BCUT2D eigenvalue weighted by molar-refractivity contribution is 0.668. The van der Waals surface area contributed by atoms with E-state index in [1.54, 1.807) is 0 Å². The van der Waals surface area contributed by atoms with Crippen LogP contribution < -0.4 is 0 Å². The number of aryl methyl sites for hydroxylation is 2. The van der Waals surface area contributed by atoms with Crippen LogP contribution in [0.15, 0.2) is 239 Å². The van der Waals surface area contributed by atoms with Crippen LogP contribution in [-0.2, 0) is 0 Å². The average Bonchev–Trinajstić information content (AvgIpc) is 3.95. The summed E-state index contributed by atoms with van der Waals surface area (Å²) in [5.74, 6) is 3.43. The monoisotopic (exact) mass is 1050 g/mol. The van der Waals surface area contributed by atoms with E-state index in [4.69, 9.17) is 38.7 Å². The van der Waals surface area contributed by atoms with Gasteiger partial charge in [-0.2, -0.15) is 9.97 Å². The number of fused-ring (bicyclic) bond motifs is 14. The Bertz CT molecular complexity index is 5310. The van der Waals surface area contributed by atoms with E-state index in [1.165, 1.54) is 11.1 Å². The third-order valence-electron chi connectivity index (χ3n) is 16.4. The van der Waals surface area contributed by atoms with Gasteiger partial charge < -0.3 is 13.4 Å². The van der Waals surface area contributed by atoms with Crippen LogP contribution in [0.2, 0.25) is 0 Å². The maximum absolute atomic E-state index is 6.32. The summed E-state index contributed by atoms with van der Waals surface area (Å²) in [7, 11) is 0. The van der Waals surface area contributed by atoms with Gasteiger partial charge >= 0.3 is 0 Å². The van der Waals surface area contributed by atoms with Crippen molar-refractivity contribution < 1.29 is 8.83 Å². The van der Waals surface area contributed by atoms with Gasteiger partial charge in [0.1, 0.15) is 22.3 Å². The van der Waals surface area contributed by atoms with Crippen molar-refractivity contribution in [3.05, 3.63) is 242 Å². The van der Waals surface area contributed by atoms with E-state index in [0.717, 1.165) is 132 Å². The van der Waals surface area contributed by atoms with Gasteiger partial charge in [0.2, 0.25) is 5.95 Å². The fraction of sp³-hybridized carbons (Fsp3) is 0.0278. The van der Waals surface area contributed by atoms with E-state index in [9.17, 15) is 0 Å². The van der Waals surface area contributed by atoms with Crippen LogP contribution in [0.5, 0.6) is 0 Å². The fourth-order valence-electron chi connectivity index (χ4n) is 12.5. The minimum Gasteiger partial charge on any atom is -0.456 e. The third-order valence-corrected chi connectivity index (χ3v) is 16.4. The van der Waals surface area contributed by atoms with E-state index in [-0.39, 0.29) is 0 Å². The standard InChI is InChI=1S/C72H44N8O2/c1-41-42(2)65-64(53-26-10-13-27-57(53)79(65)56-29-17-22-45-38-46(32-35-49(45)56)69-74-67(43-18-5-3-6-19-43)73-68(75-69)44-20-7-4-8-21-44)66-63(41)52-25-9-14-28-58(52)80(66)72-77-70(47-33-36-61-54(39-47)50-23-11-15-30-59(50)81-61)76-71(78-72)48-34-37-62-55(40-48)51-24-12-16-31-60(51)82-62/h3-40H,1-2H3. The first kappa shape index (κ1) is 45.9. The zero-order valence-electron chi connectivity index (χ0n) is 44.3. The minimum atomic E-state index is 0.503. The molecule has 0 fully saturated rings. The SMILES string of the molecule is Cc1c(C)c2c(c3ccccc3n2-c2cccc3cc(-c4nc(-c5ccccc5)nc(-c5ccccc5)n4)ccc23)c2c1c1ccccc1n2-c1nc(-c2ccc3oc4ccccc4c3c2)nc(-c2ccc3oc4ccccc4c3c2)n1. The number of hydrogen-bond donors (Lipinski definition) is 0. The zero-order valence-corrected chi connectivity index (χ0v) is 44.3. The smallest absolute Gasteiger partial charge is 0.238 e. The van der Waals surface area contributed by atoms with Crippen molar-refractivity contribution in [2.24, 2.45) is 0 Å². The molecule has 0 unspecified atom stereocenters. The van der Waals surface area contributed by atoms with Crippen molar-refractivity contribution in [2.45, 2.75) is 13.8 Å². The van der Waals surface area contributed by atoms with Crippen LogP contribution >= 0.6 is 0 Å². The lowest BCUT2D eigenvalue weighted by Gasteiger charge is -2.16. The summed E-state index contributed by atoms with van der Waals surface area (Å²) >= 11 is 0. The van der Waals surface area contributed by atoms with Crippen LogP contribution in [0.25, 0.3) is 167 Å². The normalized spacial score (nSPS) is 12.0. The summed E-state index contributed by atoms with van der Waals surface area (Å²) in [4.78, 5) is 31.6. The molecule has 6 heterocycles. The lowest BCUT2D eigenvalue weighted by Crippen LogP contribution is -2.07. The highest BCUT2D eigenvalue weighted by molar-refractivity contribution is 6.28. The molecule has 384 valence electrons. The predicted molar refractivity (Wildman–Crippen MR) is 331 cm³/mol. The Balaban J connectivity index is 0.912. The highest BCUT2D eigenvalue weighted by atomic mass is 16.3. The van der Waals surface area contributed by atoms with Crippen molar-refractivity contribution in [3.8, 4) is 68.6 Å². The fourth-order valence-corrected chi connectivity index (χ4v) is 12.5. The zero-order chi connectivity index (χ0) is 54.2. The molecule has 0 N–H and O–H groups in total. The second-order valence-corrected chi connectivity index (χ2v) is 21.1. The predicted octanol–water partition coefficient (Wildman–Crippen LogP) is 18.2. The quantitative estimate of drug-likeness (QED) is 0.155. The van der Waals surface area contributed by atoms with Crippen molar-refractivity contribution in [2.75, 3.05) is 0 Å². The number of rotatable bonds is 7. The Labute approximate surface area is 467 Å². The molecule has 11 aromatic carbocycles. The molecule has 0 bridgehead atoms. The van der Waals surface area contributed by atoms with Gasteiger partial charge in [-0.15, -0.1) is 0 Å². The molecule has 0 aliphatic heterocycles. The Morgan fingerprint density at radius 3 is 1.33 bits per heavy atom. The summed E-state index contributed by atoms with van der Waals surface area (Å²) in [6.45, 7) is 4.52. The van der Waals surface area contributed by atoms with Gasteiger partial charge in [-0.1, -0.05) is 158 Å². The molecule has 0 amide bonds. The Kier molecular flexibility index (Phi) is 9.91. The number of hydrogen-bond acceptors (Lipinski definition) is 8. The van der Waals surface area contributed by atoms with Crippen LogP contribution in [0.1, 0.15) is 11.1 Å². The summed E-state index contributed by atoms with van der Waals surface area (Å²) in [5, 5.41) is 10.7. The topological polar surface area (TPSA) is 113 Å². The first-order valence-electron chi connectivity index (χ1n) is 27.4. The van der Waals surface area contributed by atoms with E-state index in [2.05, 4.69) is 132 Å². The van der Waals surface area contributed by atoms with Crippen LogP contribution in [0, 0.1) is 13.8 Å². The maximum atomic E-state index is 6.32. The van der Waals surface area contributed by atoms with E-state index >= 15 is 0 Å². The van der Waals surface area contributed by atoms with Crippen LogP contribution in [0.3, 0.4) is 0 Å². The molecule has 0 spiro atoms. The van der Waals surface area contributed by atoms with Gasteiger partial charge in [0, 0.05) is 76.3 Å². The number of nitrogens with zero attached hydrogens (tertiary/aromatic N) is 8. The second-order valence-electron chi connectivity index (χ2n) is 21.1. The molecular weight excluding hydrogens is 1010 g/mol. The molecule has 10 heteroatoms. The molecule has 17 aromatic rings. The van der Waals surface area contributed by atoms with Gasteiger partial charge in [0.15, 0.2) is 29.1 Å². The van der Waals surface area contributed by atoms with Gasteiger partial charge in [0.25, 0.3) is 0 Å². The summed E-state index contributed by atoms with van der Waals surface area (Å²) < 4.78 is 17.4. The molecule has 0 radical (unpaired) electrons. The number of benzene rings is 11. The molecule has 0 saturated carbocycles. The number of furan rings is 2. The molecule has 0 aliphatic rings. The molecule has 6 aromatic heterocycles. The Morgan fingerprint density at radius 1 is 0.293 bits per heavy atom. The number of aromatic nitrogens is 8.